The van der Waals surface area contributed by atoms with E-state index in [1.807, 2.05) is 51.1 Å². The summed E-state index contributed by atoms with van der Waals surface area (Å²) in [6, 6.07) is 39.5. The zero-order valence-electron chi connectivity index (χ0n) is 40.4. The van der Waals surface area contributed by atoms with E-state index < -0.39 is 45.3 Å². The molecule has 6 rings (SSSR count). The number of esters is 1. The van der Waals surface area contributed by atoms with E-state index in [2.05, 4.69) is 103 Å². The van der Waals surface area contributed by atoms with Crippen LogP contribution in [0.1, 0.15) is 127 Å². The molecule has 0 unspecified atom stereocenters. The number of carbonyl (C=O) groups is 2. The summed E-state index contributed by atoms with van der Waals surface area (Å²) in [5.41, 5.74) is 3.36. The number of unbranched alkanes of at least 4 members (excludes halogenated alkanes) is 10. The van der Waals surface area contributed by atoms with Gasteiger partial charge in [0, 0.05) is 12.8 Å². The number of benzene rings is 5. The van der Waals surface area contributed by atoms with Crippen LogP contribution < -0.4 is 5.32 Å². The molecule has 0 aromatic heterocycles. The molecule has 0 bridgehead atoms. The van der Waals surface area contributed by atoms with Gasteiger partial charge < -0.3 is 28.7 Å². The van der Waals surface area contributed by atoms with E-state index in [1.54, 1.807) is 0 Å². The normalized spacial score (nSPS) is 18.8. The van der Waals surface area contributed by atoms with E-state index in [1.165, 1.54) is 32.7 Å². The standard InChI is InChI=1S/C57H76NO7Si/c1-57(2,3)62-42-50-54(65-66(4)5)55(64-52(60)40-20-13-9-7-11-18-30-45-34-26-36-47-32-22-24-38-49(45)47)53(56(63-50)61-41-43-27-15-14-16-28-43)58-51(59)39-19-12-8-6-10-17-29-44-33-25-35-46-31-21-23-37-48(44)46/h14-16,21-28,31-38,50,53-56H,6-13,17-20,29-30,39-42H2,1-5H3,(H,58,59)/t50-,53-,54-,55-,56-/m1/s1. The van der Waals surface area contributed by atoms with Crippen molar-refractivity contribution in [3.8, 4) is 0 Å². The van der Waals surface area contributed by atoms with E-state index in [4.69, 9.17) is 23.4 Å². The average Bonchev–Trinajstić information content (AvgIpc) is 3.31. The monoisotopic (exact) mass is 915 g/mol. The third-order valence-corrected chi connectivity index (χ3v) is 13.2. The molecule has 1 aliphatic rings. The number of rotatable bonds is 27. The summed E-state index contributed by atoms with van der Waals surface area (Å²) < 4.78 is 32.6. The van der Waals surface area contributed by atoms with Crippen LogP contribution in [0.4, 0.5) is 0 Å². The van der Waals surface area contributed by atoms with Crippen LogP contribution in [0.3, 0.4) is 0 Å². The molecule has 9 heteroatoms. The highest BCUT2D eigenvalue weighted by Gasteiger charge is 2.50. The molecule has 5 aromatic rings. The van der Waals surface area contributed by atoms with E-state index in [9.17, 15) is 9.59 Å². The molecule has 1 radical (unpaired) electrons. The quantitative estimate of drug-likeness (QED) is 0.0319. The fraction of sp³-hybridized carbons (Fsp3) is 0.509. The van der Waals surface area contributed by atoms with Crippen LogP contribution in [0.25, 0.3) is 21.5 Å². The first kappa shape index (κ1) is 51.0. The lowest BCUT2D eigenvalue weighted by Crippen LogP contribution is -2.67. The zero-order chi connectivity index (χ0) is 46.6. The Kier molecular flexibility index (Phi) is 20.7. The number of ether oxygens (including phenoxy) is 4. The molecule has 355 valence electrons. The number of hydrogen-bond acceptors (Lipinski definition) is 7. The summed E-state index contributed by atoms with van der Waals surface area (Å²) in [6.07, 6.45) is 12.3. The number of aryl methyl sites for hydroxylation is 2. The molecule has 0 spiro atoms. The van der Waals surface area contributed by atoms with E-state index in [0.717, 1.165) is 95.5 Å². The fourth-order valence-corrected chi connectivity index (χ4v) is 9.89. The first-order chi connectivity index (χ1) is 32.0. The molecule has 0 aliphatic carbocycles. The van der Waals surface area contributed by atoms with Gasteiger partial charge in [0.1, 0.15) is 18.2 Å². The molecule has 5 atom stereocenters. The van der Waals surface area contributed by atoms with Gasteiger partial charge in [-0.05, 0) is 111 Å². The van der Waals surface area contributed by atoms with Gasteiger partial charge >= 0.3 is 5.97 Å². The van der Waals surface area contributed by atoms with Crippen molar-refractivity contribution < 1.29 is 33.0 Å². The topological polar surface area (TPSA) is 92.3 Å². The van der Waals surface area contributed by atoms with Crippen LogP contribution in [0, 0.1) is 0 Å². The Morgan fingerprint density at radius 3 is 1.70 bits per heavy atom. The Bertz CT molecular complexity index is 2200. The Morgan fingerprint density at radius 1 is 0.606 bits per heavy atom. The highest BCUT2D eigenvalue weighted by atomic mass is 28.3. The van der Waals surface area contributed by atoms with Crippen LogP contribution >= 0.6 is 0 Å². The molecule has 1 amide bonds. The smallest absolute Gasteiger partial charge is 0.306 e. The van der Waals surface area contributed by atoms with Gasteiger partial charge in [-0.3, -0.25) is 9.59 Å². The number of hydrogen-bond donors (Lipinski definition) is 1. The second kappa shape index (κ2) is 26.8. The van der Waals surface area contributed by atoms with Crippen molar-refractivity contribution in [2.75, 3.05) is 6.61 Å². The summed E-state index contributed by atoms with van der Waals surface area (Å²) in [4.78, 5) is 27.7. The lowest BCUT2D eigenvalue weighted by Gasteiger charge is -2.47. The largest absolute Gasteiger partial charge is 0.457 e. The third kappa shape index (κ3) is 16.7. The molecule has 1 heterocycles. The molecule has 0 saturated carbocycles. The first-order valence-corrected chi connectivity index (χ1v) is 27.3. The molecule has 1 N–H and O–H groups in total. The maximum atomic E-state index is 13.9. The van der Waals surface area contributed by atoms with Gasteiger partial charge in [0.15, 0.2) is 12.4 Å². The van der Waals surface area contributed by atoms with Crippen molar-refractivity contribution in [3.63, 3.8) is 0 Å². The van der Waals surface area contributed by atoms with E-state index >= 15 is 0 Å². The van der Waals surface area contributed by atoms with Gasteiger partial charge in [-0.15, -0.1) is 0 Å². The van der Waals surface area contributed by atoms with Crippen molar-refractivity contribution in [3.05, 3.63) is 132 Å². The summed E-state index contributed by atoms with van der Waals surface area (Å²) in [6.45, 7) is 10.6. The van der Waals surface area contributed by atoms with Crippen LogP contribution in [-0.2, 0) is 52.4 Å². The second-order valence-electron chi connectivity index (χ2n) is 19.3. The highest BCUT2D eigenvalue weighted by Crippen LogP contribution is 2.31. The number of nitrogens with one attached hydrogen (secondary N) is 1. The predicted octanol–water partition coefficient (Wildman–Crippen LogP) is 13.0. The first-order valence-electron chi connectivity index (χ1n) is 24.9. The Labute approximate surface area is 397 Å². The molecule has 66 heavy (non-hydrogen) atoms. The van der Waals surface area contributed by atoms with Crippen molar-refractivity contribution in [1.82, 2.24) is 5.32 Å². The van der Waals surface area contributed by atoms with Gasteiger partial charge in [0.2, 0.25) is 14.9 Å². The van der Waals surface area contributed by atoms with E-state index in [-0.39, 0.29) is 31.5 Å². The minimum Gasteiger partial charge on any atom is -0.457 e. The molecule has 5 aromatic carbocycles. The van der Waals surface area contributed by atoms with E-state index in [0.29, 0.717) is 6.42 Å². The zero-order valence-corrected chi connectivity index (χ0v) is 41.4. The maximum Gasteiger partial charge on any atom is 0.306 e. The SMILES string of the molecule is C[Si](C)O[C@H]1[C@H](OC(=O)CCCCCCCCc2cccc3ccccc23)[C@@H](NC(=O)CCCCCCCCc2cccc3ccccc23)[C@H](OCc2ccccc2)O[C@@H]1COC(C)(C)C. The summed E-state index contributed by atoms with van der Waals surface area (Å²) in [5, 5.41) is 8.53. The van der Waals surface area contributed by atoms with Crippen molar-refractivity contribution in [1.29, 1.82) is 0 Å². The summed E-state index contributed by atoms with van der Waals surface area (Å²) >= 11 is 0. The number of fused-ring (bicyclic) bond motifs is 2. The molecule has 1 fully saturated rings. The Hall–Kier alpha value is -4.38. The Morgan fingerprint density at radius 2 is 1.12 bits per heavy atom. The maximum absolute atomic E-state index is 13.9. The number of carbonyl (C=O) groups excluding carboxylic acids is 2. The Balaban J connectivity index is 1.03. The molecule has 8 nitrogen and oxygen atoms in total. The molecule has 1 saturated heterocycles. The lowest BCUT2D eigenvalue weighted by molar-refractivity contribution is -0.279. The second-order valence-corrected chi connectivity index (χ2v) is 21.4. The van der Waals surface area contributed by atoms with Crippen LogP contribution in [-0.4, -0.2) is 63.8 Å². The van der Waals surface area contributed by atoms with Crippen molar-refractivity contribution >= 4 is 42.5 Å². The predicted molar refractivity (Wildman–Crippen MR) is 270 cm³/mol. The fourth-order valence-electron chi connectivity index (χ4n) is 9.06. The van der Waals surface area contributed by atoms with Gasteiger partial charge in [-0.1, -0.05) is 167 Å². The third-order valence-electron chi connectivity index (χ3n) is 12.5. The van der Waals surface area contributed by atoms with Crippen LogP contribution in [0.2, 0.25) is 13.1 Å². The summed E-state index contributed by atoms with van der Waals surface area (Å²) in [7, 11) is -1.30. The number of amides is 1. The average molecular weight is 915 g/mol. The van der Waals surface area contributed by atoms with Crippen molar-refractivity contribution in [2.45, 2.75) is 179 Å². The van der Waals surface area contributed by atoms with Crippen molar-refractivity contribution in [2.24, 2.45) is 0 Å². The minimum atomic E-state index is -1.30. The van der Waals surface area contributed by atoms with Crippen LogP contribution in [0.15, 0.2) is 115 Å². The summed E-state index contributed by atoms with van der Waals surface area (Å²) in [5.74, 6) is -0.416. The molecular formula is C57H76NO7Si. The highest BCUT2D eigenvalue weighted by molar-refractivity contribution is 6.48. The van der Waals surface area contributed by atoms with Gasteiger partial charge in [-0.25, -0.2) is 0 Å². The minimum absolute atomic E-state index is 0.115. The van der Waals surface area contributed by atoms with Gasteiger partial charge in [-0.2, -0.15) is 0 Å². The molecule has 1 aliphatic heterocycles. The lowest BCUT2D eigenvalue weighted by atomic mass is 9.95. The van der Waals surface area contributed by atoms with Gasteiger partial charge in [0.25, 0.3) is 0 Å². The molecular weight excluding hydrogens is 839 g/mol. The van der Waals surface area contributed by atoms with Crippen LogP contribution in [0.5, 0.6) is 0 Å². The van der Waals surface area contributed by atoms with Gasteiger partial charge in [0.05, 0.1) is 18.8 Å².